The maximum atomic E-state index is 11.3. The van der Waals surface area contributed by atoms with Crippen molar-refractivity contribution in [3.05, 3.63) is 29.3 Å². The fourth-order valence-corrected chi connectivity index (χ4v) is 2.21. The van der Waals surface area contributed by atoms with E-state index < -0.39 is 11.3 Å². The van der Waals surface area contributed by atoms with Crippen molar-refractivity contribution >= 4 is 28.6 Å². The van der Waals surface area contributed by atoms with Crippen molar-refractivity contribution in [3.8, 4) is 0 Å². The Morgan fingerprint density at radius 1 is 1.54 bits per heavy atom. The Morgan fingerprint density at radius 3 is 3.00 bits per heavy atom. The first-order valence-corrected chi connectivity index (χ1v) is 5.26. The van der Waals surface area contributed by atoms with Gasteiger partial charge in [0.15, 0.2) is 0 Å². The van der Waals surface area contributed by atoms with Gasteiger partial charge in [0.2, 0.25) is 0 Å². The third-order valence-electron chi connectivity index (χ3n) is 1.75. The smallest absolute Gasteiger partial charge is 0.264 e. The average Bonchev–Trinajstić information content (AvgIpc) is 2.51. The standard InChI is InChI=1S/C8H8ClNO2S/c9-7-2-1-3-8(6-7)10-4-5-12-13(10)11/h1-3,6H,4-5H2. The van der Waals surface area contributed by atoms with Gasteiger partial charge in [0.05, 0.1) is 18.8 Å². The Balaban J connectivity index is 2.29. The van der Waals surface area contributed by atoms with Crippen LogP contribution in [0, 0.1) is 0 Å². The van der Waals surface area contributed by atoms with Gasteiger partial charge in [0.1, 0.15) is 0 Å². The summed E-state index contributed by atoms with van der Waals surface area (Å²) in [5.41, 5.74) is 0.836. The molecule has 1 aliphatic heterocycles. The van der Waals surface area contributed by atoms with E-state index in [1.165, 1.54) is 0 Å². The van der Waals surface area contributed by atoms with E-state index in [0.717, 1.165) is 5.69 Å². The third-order valence-corrected chi connectivity index (χ3v) is 3.11. The van der Waals surface area contributed by atoms with Crippen LogP contribution < -0.4 is 4.31 Å². The van der Waals surface area contributed by atoms with Gasteiger partial charge in [-0.1, -0.05) is 17.7 Å². The number of hydrogen-bond acceptors (Lipinski definition) is 2. The Kier molecular flexibility index (Phi) is 2.53. The van der Waals surface area contributed by atoms with E-state index in [1.807, 2.05) is 12.1 Å². The summed E-state index contributed by atoms with van der Waals surface area (Å²) in [6, 6.07) is 7.24. The monoisotopic (exact) mass is 217 g/mol. The second-order valence-electron chi connectivity index (χ2n) is 2.62. The molecule has 2 rings (SSSR count). The zero-order chi connectivity index (χ0) is 9.26. The van der Waals surface area contributed by atoms with E-state index in [0.29, 0.717) is 18.2 Å². The molecule has 13 heavy (non-hydrogen) atoms. The molecular weight excluding hydrogens is 210 g/mol. The van der Waals surface area contributed by atoms with Crippen molar-refractivity contribution in [1.29, 1.82) is 0 Å². The molecule has 0 aromatic heterocycles. The zero-order valence-corrected chi connectivity index (χ0v) is 8.35. The van der Waals surface area contributed by atoms with Crippen molar-refractivity contribution < 1.29 is 8.39 Å². The molecule has 0 bridgehead atoms. The molecule has 1 heterocycles. The van der Waals surface area contributed by atoms with E-state index >= 15 is 0 Å². The molecule has 0 spiro atoms. The lowest BCUT2D eigenvalue weighted by Crippen LogP contribution is -2.19. The van der Waals surface area contributed by atoms with E-state index in [2.05, 4.69) is 0 Å². The summed E-state index contributed by atoms with van der Waals surface area (Å²) in [6.45, 7) is 1.14. The molecule has 0 saturated carbocycles. The van der Waals surface area contributed by atoms with Crippen molar-refractivity contribution in [3.63, 3.8) is 0 Å². The Hall–Kier alpha value is -0.580. The number of rotatable bonds is 1. The predicted octanol–water partition coefficient (Wildman–Crippen LogP) is 1.76. The first-order valence-electron chi connectivity index (χ1n) is 3.85. The molecule has 1 atom stereocenters. The molecule has 1 saturated heterocycles. The van der Waals surface area contributed by atoms with Crippen LogP contribution in [0.4, 0.5) is 5.69 Å². The number of benzene rings is 1. The zero-order valence-electron chi connectivity index (χ0n) is 6.77. The van der Waals surface area contributed by atoms with Crippen LogP contribution in [-0.2, 0) is 15.4 Å². The van der Waals surface area contributed by atoms with Gasteiger partial charge in [-0.2, -0.15) is 0 Å². The van der Waals surface area contributed by atoms with Gasteiger partial charge in [0, 0.05) is 5.02 Å². The van der Waals surface area contributed by atoms with Crippen molar-refractivity contribution in [2.75, 3.05) is 17.5 Å². The van der Waals surface area contributed by atoms with Crippen LogP contribution in [0.25, 0.3) is 0 Å². The average molecular weight is 218 g/mol. The molecule has 0 amide bonds. The number of halogens is 1. The highest BCUT2D eigenvalue weighted by atomic mass is 35.5. The minimum atomic E-state index is -1.35. The molecule has 1 aromatic carbocycles. The number of anilines is 1. The van der Waals surface area contributed by atoms with Gasteiger partial charge in [0.25, 0.3) is 11.3 Å². The molecule has 0 radical (unpaired) electrons. The lowest BCUT2D eigenvalue weighted by molar-refractivity contribution is 0.392. The predicted molar refractivity (Wildman–Crippen MR) is 52.9 cm³/mol. The number of hydrogen-bond donors (Lipinski definition) is 0. The van der Waals surface area contributed by atoms with E-state index in [4.69, 9.17) is 15.8 Å². The summed E-state index contributed by atoms with van der Waals surface area (Å²) in [7, 11) is 0. The molecule has 5 heteroatoms. The second-order valence-corrected chi connectivity index (χ2v) is 4.17. The Labute approximate surface area is 84.1 Å². The van der Waals surface area contributed by atoms with Crippen molar-refractivity contribution in [1.82, 2.24) is 0 Å². The van der Waals surface area contributed by atoms with Gasteiger partial charge >= 0.3 is 0 Å². The molecular formula is C8H8ClNO2S. The fraction of sp³-hybridized carbons (Fsp3) is 0.250. The lowest BCUT2D eigenvalue weighted by Gasteiger charge is -2.12. The highest BCUT2D eigenvalue weighted by molar-refractivity contribution is 7.82. The van der Waals surface area contributed by atoms with E-state index in [9.17, 15) is 4.21 Å². The molecule has 3 nitrogen and oxygen atoms in total. The maximum Gasteiger partial charge on any atom is 0.264 e. The summed E-state index contributed by atoms with van der Waals surface area (Å²) >= 11 is 4.46. The van der Waals surface area contributed by atoms with Crippen LogP contribution in [0.5, 0.6) is 0 Å². The van der Waals surface area contributed by atoms with Crippen molar-refractivity contribution in [2.45, 2.75) is 0 Å². The van der Waals surface area contributed by atoms with Crippen LogP contribution in [0.15, 0.2) is 24.3 Å². The van der Waals surface area contributed by atoms with Gasteiger partial charge in [-0.15, -0.1) is 0 Å². The lowest BCUT2D eigenvalue weighted by atomic mass is 10.3. The van der Waals surface area contributed by atoms with Gasteiger partial charge < -0.3 is 0 Å². The molecule has 70 valence electrons. The Morgan fingerprint density at radius 2 is 2.38 bits per heavy atom. The molecule has 1 fully saturated rings. The number of nitrogens with zero attached hydrogens (tertiary/aromatic N) is 1. The van der Waals surface area contributed by atoms with E-state index in [1.54, 1.807) is 16.4 Å². The van der Waals surface area contributed by atoms with Crippen molar-refractivity contribution in [2.24, 2.45) is 0 Å². The van der Waals surface area contributed by atoms with Crippen LogP contribution in [0.1, 0.15) is 0 Å². The summed E-state index contributed by atoms with van der Waals surface area (Å²) in [5.74, 6) is 0. The molecule has 1 aromatic rings. The van der Waals surface area contributed by atoms with E-state index in [-0.39, 0.29) is 0 Å². The normalized spacial score (nSPS) is 22.2. The molecule has 0 aliphatic carbocycles. The maximum absolute atomic E-state index is 11.3. The second kappa shape index (κ2) is 3.65. The fourth-order valence-electron chi connectivity index (χ4n) is 1.18. The SMILES string of the molecule is O=S1OCCN1c1cccc(Cl)c1. The summed E-state index contributed by atoms with van der Waals surface area (Å²) in [5, 5.41) is 0.640. The summed E-state index contributed by atoms with van der Waals surface area (Å²) < 4.78 is 17.8. The first kappa shape index (κ1) is 8.99. The van der Waals surface area contributed by atoms with Gasteiger partial charge in [-0.25, -0.2) is 4.21 Å². The quantitative estimate of drug-likeness (QED) is 0.718. The van der Waals surface area contributed by atoms with Crippen LogP contribution in [0.2, 0.25) is 5.02 Å². The minimum Gasteiger partial charge on any atom is -0.272 e. The van der Waals surface area contributed by atoms with Gasteiger partial charge in [-0.05, 0) is 18.2 Å². The summed E-state index contributed by atoms with van der Waals surface area (Å²) in [4.78, 5) is 0. The third kappa shape index (κ3) is 1.85. The van der Waals surface area contributed by atoms with Crippen LogP contribution in [-0.4, -0.2) is 17.4 Å². The topological polar surface area (TPSA) is 29.5 Å². The first-order chi connectivity index (χ1) is 6.27. The summed E-state index contributed by atoms with van der Waals surface area (Å²) in [6.07, 6.45) is 0. The Bertz CT molecular complexity index is 345. The highest BCUT2D eigenvalue weighted by Crippen LogP contribution is 2.23. The molecule has 1 unspecified atom stereocenters. The molecule has 1 aliphatic rings. The van der Waals surface area contributed by atoms with Crippen LogP contribution >= 0.6 is 11.6 Å². The minimum absolute atomic E-state index is 0.499. The van der Waals surface area contributed by atoms with Crippen LogP contribution in [0.3, 0.4) is 0 Å². The largest absolute Gasteiger partial charge is 0.272 e. The molecule has 0 N–H and O–H groups in total. The van der Waals surface area contributed by atoms with Gasteiger partial charge in [-0.3, -0.25) is 8.49 Å². The highest BCUT2D eigenvalue weighted by Gasteiger charge is 2.21.